The van der Waals surface area contributed by atoms with E-state index in [4.69, 9.17) is 21.1 Å². The predicted molar refractivity (Wildman–Crippen MR) is 117 cm³/mol. The smallest absolute Gasteiger partial charge is 0.286 e. The molecule has 0 unspecified atom stereocenters. The molecular formula is C20H21ClN2O3S2. The Morgan fingerprint density at radius 2 is 1.93 bits per heavy atom. The Bertz CT molecular complexity index is 1010. The molecule has 3 aromatic rings. The van der Waals surface area contributed by atoms with Crippen molar-refractivity contribution < 1.29 is 14.3 Å². The van der Waals surface area contributed by atoms with Crippen LogP contribution in [0.25, 0.3) is 10.2 Å². The molecule has 5 nitrogen and oxygen atoms in total. The molecule has 0 bridgehead atoms. The summed E-state index contributed by atoms with van der Waals surface area (Å²) in [6.45, 7) is 3.22. The molecule has 0 spiro atoms. The minimum absolute atomic E-state index is 0.122. The van der Waals surface area contributed by atoms with E-state index in [9.17, 15) is 4.79 Å². The maximum atomic E-state index is 12.4. The number of ether oxygens (including phenoxy) is 2. The average Bonchev–Trinajstić information content (AvgIpc) is 3.02. The first-order chi connectivity index (χ1) is 13.6. The van der Waals surface area contributed by atoms with Gasteiger partial charge in [0.15, 0.2) is 11.4 Å². The molecule has 2 aromatic carbocycles. The van der Waals surface area contributed by atoms with Crippen LogP contribution in [0.1, 0.15) is 6.92 Å². The quantitative estimate of drug-likeness (QED) is 0.516. The number of hydrogen-bond donors (Lipinski definition) is 0. The lowest BCUT2D eigenvalue weighted by Crippen LogP contribution is -2.20. The Hall–Kier alpha value is -1.96. The normalized spacial score (nSPS) is 11.8. The second-order valence-corrected chi connectivity index (χ2v) is 8.27. The summed E-state index contributed by atoms with van der Waals surface area (Å²) in [5.41, 5.74) is 1.05. The third kappa shape index (κ3) is 5.31. The van der Waals surface area contributed by atoms with Crippen molar-refractivity contribution in [2.24, 2.45) is 4.99 Å². The number of carbonyl (C=O) groups excluding carboxylic acids is 1. The monoisotopic (exact) mass is 436 g/mol. The number of thioether (sulfide) groups is 1. The van der Waals surface area contributed by atoms with Crippen LogP contribution in [0.15, 0.2) is 47.5 Å². The lowest BCUT2D eigenvalue weighted by Gasteiger charge is -2.06. The maximum Gasteiger partial charge on any atom is 0.286 e. The van der Waals surface area contributed by atoms with Gasteiger partial charge in [-0.05, 0) is 55.6 Å². The Balaban J connectivity index is 1.85. The van der Waals surface area contributed by atoms with Crippen molar-refractivity contribution in [2.75, 3.05) is 25.2 Å². The molecule has 1 amide bonds. The first kappa shape index (κ1) is 20.8. The Kier molecular flexibility index (Phi) is 7.42. The molecule has 0 aliphatic carbocycles. The number of halogens is 1. The van der Waals surface area contributed by atoms with E-state index in [2.05, 4.69) is 15.8 Å². The molecule has 1 aromatic heterocycles. The van der Waals surface area contributed by atoms with Gasteiger partial charge >= 0.3 is 0 Å². The van der Waals surface area contributed by atoms with E-state index in [0.717, 1.165) is 28.3 Å². The first-order valence-electron chi connectivity index (χ1n) is 8.81. The van der Waals surface area contributed by atoms with E-state index in [1.165, 1.54) is 11.3 Å². The molecule has 0 radical (unpaired) electrons. The number of aryl methyl sites for hydroxylation is 1. The van der Waals surface area contributed by atoms with E-state index in [-0.39, 0.29) is 12.5 Å². The summed E-state index contributed by atoms with van der Waals surface area (Å²) in [6, 6.07) is 12.8. The van der Waals surface area contributed by atoms with Crippen LogP contribution in [0.4, 0.5) is 0 Å². The van der Waals surface area contributed by atoms with E-state index >= 15 is 0 Å². The van der Waals surface area contributed by atoms with Crippen LogP contribution in [0.3, 0.4) is 0 Å². The van der Waals surface area contributed by atoms with E-state index in [0.29, 0.717) is 22.2 Å². The molecule has 0 fully saturated rings. The highest BCUT2D eigenvalue weighted by atomic mass is 35.5. The highest BCUT2D eigenvalue weighted by Crippen LogP contribution is 2.24. The second kappa shape index (κ2) is 10.0. The van der Waals surface area contributed by atoms with Gasteiger partial charge in [0, 0.05) is 17.3 Å². The zero-order chi connectivity index (χ0) is 19.9. The number of benzene rings is 2. The summed E-state index contributed by atoms with van der Waals surface area (Å²) < 4.78 is 14.2. The molecule has 3 rings (SSSR count). The standard InChI is InChI=1S/C20H21ClN2O3S2/c1-3-25-16-8-9-17-18(12-16)28-20(23(17)10-11-27-2)22-19(24)13-26-15-6-4-14(21)5-7-15/h4-9,12H,3,10-11,13H2,1-2H3. The van der Waals surface area contributed by atoms with Gasteiger partial charge in [0.25, 0.3) is 5.91 Å². The Morgan fingerprint density at radius 3 is 2.64 bits per heavy atom. The molecule has 8 heteroatoms. The highest BCUT2D eigenvalue weighted by Gasteiger charge is 2.10. The Labute approximate surface area is 177 Å². The summed E-state index contributed by atoms with van der Waals surface area (Å²) in [5.74, 6) is 2.00. The van der Waals surface area contributed by atoms with Gasteiger partial charge in [-0.2, -0.15) is 16.8 Å². The van der Waals surface area contributed by atoms with Gasteiger partial charge in [-0.1, -0.05) is 22.9 Å². The molecule has 0 aliphatic rings. The van der Waals surface area contributed by atoms with Crippen LogP contribution >= 0.6 is 34.7 Å². The summed E-state index contributed by atoms with van der Waals surface area (Å²) in [4.78, 5) is 17.3. The zero-order valence-corrected chi connectivity index (χ0v) is 18.1. The van der Waals surface area contributed by atoms with Gasteiger partial charge in [-0.15, -0.1) is 0 Å². The van der Waals surface area contributed by atoms with Gasteiger partial charge in [0.2, 0.25) is 0 Å². The lowest BCUT2D eigenvalue weighted by atomic mass is 10.3. The molecule has 0 atom stereocenters. The highest BCUT2D eigenvalue weighted by molar-refractivity contribution is 7.98. The van der Waals surface area contributed by atoms with Crippen LogP contribution in [-0.4, -0.2) is 35.7 Å². The van der Waals surface area contributed by atoms with Gasteiger partial charge in [0.1, 0.15) is 11.5 Å². The van der Waals surface area contributed by atoms with Crippen molar-refractivity contribution in [1.82, 2.24) is 4.57 Å². The first-order valence-corrected chi connectivity index (χ1v) is 11.4. The topological polar surface area (TPSA) is 52.8 Å². The largest absolute Gasteiger partial charge is 0.494 e. The fraction of sp³-hybridized carbons (Fsp3) is 0.300. The van der Waals surface area contributed by atoms with E-state index < -0.39 is 0 Å². The number of hydrogen-bond acceptors (Lipinski definition) is 5. The third-order valence-corrected chi connectivity index (χ3v) is 5.76. The number of aromatic nitrogens is 1. The number of fused-ring (bicyclic) bond motifs is 1. The molecule has 28 heavy (non-hydrogen) atoms. The number of carbonyl (C=O) groups is 1. The zero-order valence-electron chi connectivity index (χ0n) is 15.7. The average molecular weight is 437 g/mol. The number of nitrogens with zero attached hydrogens (tertiary/aromatic N) is 2. The Morgan fingerprint density at radius 1 is 1.18 bits per heavy atom. The summed E-state index contributed by atoms with van der Waals surface area (Å²) >= 11 is 9.09. The van der Waals surface area contributed by atoms with E-state index in [1.807, 2.05) is 25.1 Å². The maximum absolute atomic E-state index is 12.4. The van der Waals surface area contributed by atoms with Gasteiger partial charge in [0.05, 0.1) is 16.8 Å². The van der Waals surface area contributed by atoms with Crippen molar-refractivity contribution in [2.45, 2.75) is 13.5 Å². The molecule has 0 saturated carbocycles. The summed E-state index contributed by atoms with van der Waals surface area (Å²) in [5, 5.41) is 0.620. The van der Waals surface area contributed by atoms with Gasteiger partial charge < -0.3 is 14.0 Å². The van der Waals surface area contributed by atoms with Crippen molar-refractivity contribution in [3.05, 3.63) is 52.3 Å². The molecule has 1 heterocycles. The second-order valence-electron chi connectivity index (χ2n) is 5.84. The number of thiazole rings is 1. The fourth-order valence-electron chi connectivity index (χ4n) is 2.61. The van der Waals surface area contributed by atoms with Crippen LogP contribution < -0.4 is 14.3 Å². The third-order valence-electron chi connectivity index (χ3n) is 3.88. The van der Waals surface area contributed by atoms with E-state index in [1.54, 1.807) is 36.0 Å². The molecule has 0 saturated heterocycles. The minimum atomic E-state index is -0.329. The molecule has 0 N–H and O–H groups in total. The van der Waals surface area contributed by atoms with Crippen LogP contribution in [0, 0.1) is 0 Å². The predicted octanol–water partition coefficient (Wildman–Crippen LogP) is 4.62. The van der Waals surface area contributed by atoms with Crippen molar-refractivity contribution in [1.29, 1.82) is 0 Å². The molecule has 0 aliphatic heterocycles. The number of amides is 1. The van der Waals surface area contributed by atoms with Crippen LogP contribution in [0.2, 0.25) is 5.02 Å². The lowest BCUT2D eigenvalue weighted by molar-refractivity contribution is -0.120. The molecular weight excluding hydrogens is 416 g/mol. The SMILES string of the molecule is CCOc1ccc2c(c1)sc(=NC(=O)COc1ccc(Cl)cc1)n2CCSC. The van der Waals surface area contributed by atoms with Crippen molar-refractivity contribution in [3.63, 3.8) is 0 Å². The minimum Gasteiger partial charge on any atom is -0.494 e. The van der Waals surface area contributed by atoms with Crippen LogP contribution in [-0.2, 0) is 11.3 Å². The fourth-order valence-corrected chi connectivity index (χ4v) is 4.20. The number of rotatable bonds is 8. The van der Waals surface area contributed by atoms with Crippen molar-refractivity contribution >= 4 is 50.8 Å². The summed E-state index contributed by atoms with van der Waals surface area (Å²) in [6.07, 6.45) is 2.06. The van der Waals surface area contributed by atoms with Crippen molar-refractivity contribution in [3.8, 4) is 11.5 Å². The van der Waals surface area contributed by atoms with Gasteiger partial charge in [-0.25, -0.2) is 0 Å². The molecule has 148 valence electrons. The van der Waals surface area contributed by atoms with Gasteiger partial charge in [-0.3, -0.25) is 4.79 Å². The summed E-state index contributed by atoms with van der Waals surface area (Å²) in [7, 11) is 0. The van der Waals surface area contributed by atoms with Crippen LogP contribution in [0.5, 0.6) is 11.5 Å².